The van der Waals surface area contributed by atoms with Crippen LogP contribution in [0.5, 0.6) is 11.5 Å². The van der Waals surface area contributed by atoms with E-state index in [1.807, 2.05) is 42.5 Å². The summed E-state index contributed by atoms with van der Waals surface area (Å²) in [5, 5.41) is 9.35. The number of carboxylic acids is 1. The monoisotopic (exact) mass is 543 g/mol. The summed E-state index contributed by atoms with van der Waals surface area (Å²) in [4.78, 5) is 35.3. The van der Waals surface area contributed by atoms with E-state index in [0.717, 1.165) is 61.5 Å². The quantitative estimate of drug-likeness (QED) is 0.280. The van der Waals surface area contributed by atoms with Crippen LogP contribution in [0.3, 0.4) is 0 Å². The second-order valence-electron chi connectivity index (χ2n) is 10.8. The van der Waals surface area contributed by atoms with Crippen LogP contribution in [0.25, 0.3) is 0 Å². The maximum absolute atomic E-state index is 13.2. The van der Waals surface area contributed by atoms with E-state index >= 15 is 0 Å². The molecule has 0 spiro atoms. The van der Waals surface area contributed by atoms with Crippen molar-refractivity contribution in [3.05, 3.63) is 77.9 Å². The lowest BCUT2D eigenvalue weighted by Gasteiger charge is -2.34. The minimum atomic E-state index is -0.749. The number of ketones is 1. The molecule has 3 aromatic rings. The standard InChI is InChI=1S/C32H37N3O5/c1-39-25-8-9-27(30(36)10-11-31-33-14-3-15-34-31)29(19-25)35-16-12-22(13-17-35)21-40-26-5-2-4-24(18-26)28(20-32(37)38)23-6-7-23/h2-5,8-9,14-15,18-19,22-23,28H,6-7,10-13,16-17,20-21H2,1H3,(H,37,38). The zero-order chi connectivity index (χ0) is 27.9. The van der Waals surface area contributed by atoms with Crippen LogP contribution in [-0.4, -0.2) is 53.6 Å². The van der Waals surface area contributed by atoms with Crippen molar-refractivity contribution in [2.24, 2.45) is 11.8 Å². The van der Waals surface area contributed by atoms with Crippen LogP contribution in [0.4, 0.5) is 5.69 Å². The fraction of sp³-hybridized carbons (Fsp3) is 0.438. The fourth-order valence-electron chi connectivity index (χ4n) is 5.59. The third-order valence-corrected chi connectivity index (χ3v) is 8.01. The lowest BCUT2D eigenvalue weighted by molar-refractivity contribution is -0.137. The summed E-state index contributed by atoms with van der Waals surface area (Å²) in [6, 6.07) is 15.4. The Balaban J connectivity index is 1.18. The summed E-state index contributed by atoms with van der Waals surface area (Å²) in [5.74, 6) is 2.46. The first-order valence-corrected chi connectivity index (χ1v) is 14.2. The van der Waals surface area contributed by atoms with Crippen LogP contribution in [0.1, 0.15) is 66.2 Å². The number of hydrogen-bond acceptors (Lipinski definition) is 7. The highest BCUT2D eigenvalue weighted by molar-refractivity contribution is 6.01. The molecule has 2 aliphatic rings. The zero-order valence-electron chi connectivity index (χ0n) is 23.0. The largest absolute Gasteiger partial charge is 0.497 e. The first kappa shape index (κ1) is 27.6. The van der Waals surface area contributed by atoms with Gasteiger partial charge in [-0.25, -0.2) is 9.97 Å². The Bertz CT molecular complexity index is 1300. The van der Waals surface area contributed by atoms with Crippen LogP contribution in [-0.2, 0) is 11.2 Å². The van der Waals surface area contributed by atoms with E-state index in [9.17, 15) is 14.7 Å². The Morgan fingerprint density at radius 2 is 1.77 bits per heavy atom. The van der Waals surface area contributed by atoms with Crippen molar-refractivity contribution < 1.29 is 24.2 Å². The van der Waals surface area contributed by atoms with Crippen molar-refractivity contribution in [2.75, 3.05) is 31.7 Å². The molecule has 5 rings (SSSR count). The van der Waals surface area contributed by atoms with Crippen LogP contribution < -0.4 is 14.4 Å². The van der Waals surface area contributed by atoms with Gasteiger partial charge in [0, 0.05) is 50.0 Å². The van der Waals surface area contributed by atoms with E-state index in [1.165, 1.54) is 0 Å². The molecule has 8 nitrogen and oxygen atoms in total. The summed E-state index contributed by atoms with van der Waals surface area (Å²) in [6.45, 7) is 2.27. The van der Waals surface area contributed by atoms with Gasteiger partial charge in [-0.3, -0.25) is 9.59 Å². The number of carboxylic acid groups (broad SMARTS) is 1. The number of carbonyl (C=O) groups is 2. The van der Waals surface area contributed by atoms with Gasteiger partial charge in [0.05, 0.1) is 25.8 Å². The molecule has 40 heavy (non-hydrogen) atoms. The van der Waals surface area contributed by atoms with Gasteiger partial charge in [-0.1, -0.05) is 12.1 Å². The normalized spacial score (nSPS) is 16.4. The Morgan fingerprint density at radius 3 is 2.48 bits per heavy atom. The molecule has 0 radical (unpaired) electrons. The maximum Gasteiger partial charge on any atom is 0.303 e. The SMILES string of the molecule is COc1ccc(C(=O)CCc2ncccn2)c(N2CCC(COc3cccc(C(CC(=O)O)C4CC4)c3)CC2)c1. The molecule has 2 fully saturated rings. The molecule has 2 aromatic carbocycles. The average molecular weight is 544 g/mol. The number of rotatable bonds is 13. The molecule has 1 aliphatic heterocycles. The number of piperidine rings is 1. The summed E-state index contributed by atoms with van der Waals surface area (Å²) in [6.07, 6.45) is 8.51. The van der Waals surface area contributed by atoms with Crippen LogP contribution in [0.15, 0.2) is 60.9 Å². The minimum absolute atomic E-state index is 0.0595. The van der Waals surface area contributed by atoms with Crippen molar-refractivity contribution in [2.45, 2.75) is 50.9 Å². The van der Waals surface area contributed by atoms with Gasteiger partial charge in [-0.05, 0) is 79.3 Å². The van der Waals surface area contributed by atoms with Gasteiger partial charge in [0.1, 0.15) is 17.3 Å². The van der Waals surface area contributed by atoms with E-state index in [4.69, 9.17) is 9.47 Å². The van der Waals surface area contributed by atoms with Gasteiger partial charge in [-0.15, -0.1) is 0 Å². The average Bonchev–Trinajstić information content (AvgIpc) is 3.84. The molecule has 2 heterocycles. The number of benzene rings is 2. The molecule has 0 amide bonds. The molecule has 1 atom stereocenters. The summed E-state index contributed by atoms with van der Waals surface area (Å²) < 4.78 is 11.7. The Labute approximate surface area is 235 Å². The summed E-state index contributed by atoms with van der Waals surface area (Å²) in [7, 11) is 1.64. The summed E-state index contributed by atoms with van der Waals surface area (Å²) >= 11 is 0. The first-order chi connectivity index (χ1) is 19.5. The van der Waals surface area contributed by atoms with Crippen LogP contribution in [0.2, 0.25) is 0 Å². The third-order valence-electron chi connectivity index (χ3n) is 8.01. The number of aromatic nitrogens is 2. The summed E-state index contributed by atoms with van der Waals surface area (Å²) in [5.41, 5.74) is 2.68. The Hall–Kier alpha value is -3.94. The molecular weight excluding hydrogens is 506 g/mol. The van der Waals surface area contributed by atoms with Crippen molar-refractivity contribution in [3.8, 4) is 11.5 Å². The second kappa shape index (κ2) is 12.9. The number of ether oxygens (including phenoxy) is 2. The number of hydrogen-bond donors (Lipinski definition) is 1. The molecule has 1 aromatic heterocycles. The van der Waals surface area contributed by atoms with E-state index < -0.39 is 5.97 Å². The van der Waals surface area contributed by atoms with E-state index in [-0.39, 0.29) is 18.1 Å². The lowest BCUT2D eigenvalue weighted by atomic mass is 9.91. The lowest BCUT2D eigenvalue weighted by Crippen LogP contribution is -2.36. The van der Waals surface area contributed by atoms with Gasteiger partial charge in [0.25, 0.3) is 0 Å². The predicted molar refractivity (Wildman–Crippen MR) is 152 cm³/mol. The molecule has 1 saturated heterocycles. The third kappa shape index (κ3) is 7.17. The molecule has 1 unspecified atom stereocenters. The number of Topliss-reactive ketones (excluding diaryl/α,β-unsaturated/α-hetero) is 1. The molecule has 8 heteroatoms. The minimum Gasteiger partial charge on any atom is -0.497 e. The molecule has 1 saturated carbocycles. The van der Waals surface area contributed by atoms with Crippen LogP contribution in [0, 0.1) is 11.8 Å². The highest BCUT2D eigenvalue weighted by Gasteiger charge is 2.34. The molecule has 0 bridgehead atoms. The van der Waals surface area contributed by atoms with Crippen LogP contribution >= 0.6 is 0 Å². The number of carbonyl (C=O) groups excluding carboxylic acids is 1. The number of anilines is 1. The van der Waals surface area contributed by atoms with E-state index in [1.54, 1.807) is 25.6 Å². The smallest absolute Gasteiger partial charge is 0.303 e. The Morgan fingerprint density at radius 1 is 1.00 bits per heavy atom. The van der Waals surface area contributed by atoms with Gasteiger partial charge in [0.2, 0.25) is 0 Å². The molecular formula is C32H37N3O5. The number of nitrogens with zero attached hydrogens (tertiary/aromatic N) is 3. The van der Waals surface area contributed by atoms with E-state index in [2.05, 4.69) is 14.9 Å². The van der Waals surface area contributed by atoms with Crippen molar-refractivity contribution in [1.29, 1.82) is 0 Å². The first-order valence-electron chi connectivity index (χ1n) is 14.2. The van der Waals surface area contributed by atoms with Gasteiger partial charge in [0.15, 0.2) is 5.78 Å². The molecule has 1 N–H and O–H groups in total. The number of methoxy groups -OCH3 is 1. The number of aryl methyl sites for hydroxylation is 1. The highest BCUT2D eigenvalue weighted by Crippen LogP contribution is 2.45. The maximum atomic E-state index is 13.2. The Kier molecular flexibility index (Phi) is 8.94. The van der Waals surface area contributed by atoms with Crippen molar-refractivity contribution >= 4 is 17.4 Å². The predicted octanol–water partition coefficient (Wildman–Crippen LogP) is 5.56. The number of aliphatic carboxylic acids is 1. The van der Waals surface area contributed by atoms with Gasteiger partial charge >= 0.3 is 5.97 Å². The van der Waals surface area contributed by atoms with Crippen molar-refractivity contribution in [3.63, 3.8) is 0 Å². The molecule has 210 valence electrons. The van der Waals surface area contributed by atoms with E-state index in [0.29, 0.717) is 42.7 Å². The van der Waals surface area contributed by atoms with Gasteiger partial charge in [-0.2, -0.15) is 0 Å². The highest BCUT2D eigenvalue weighted by atomic mass is 16.5. The van der Waals surface area contributed by atoms with Crippen molar-refractivity contribution in [1.82, 2.24) is 9.97 Å². The second-order valence-corrected chi connectivity index (χ2v) is 10.8. The topological polar surface area (TPSA) is 102 Å². The molecule has 1 aliphatic carbocycles. The van der Waals surface area contributed by atoms with Gasteiger partial charge < -0.3 is 19.5 Å². The fourth-order valence-corrected chi connectivity index (χ4v) is 5.59. The zero-order valence-corrected chi connectivity index (χ0v) is 23.0.